The van der Waals surface area contributed by atoms with Gasteiger partial charge in [0.25, 0.3) is 0 Å². The van der Waals surface area contributed by atoms with Gasteiger partial charge in [-0.3, -0.25) is 0 Å². The van der Waals surface area contributed by atoms with Crippen molar-refractivity contribution in [3.63, 3.8) is 0 Å². The van der Waals surface area contributed by atoms with Crippen molar-refractivity contribution in [2.24, 2.45) is 0 Å². The Morgan fingerprint density at radius 2 is 1.72 bits per heavy atom. The van der Waals surface area contributed by atoms with Gasteiger partial charge in [0.15, 0.2) is 0 Å². The Morgan fingerprint density at radius 3 is 2.39 bits per heavy atom. The van der Waals surface area contributed by atoms with E-state index in [9.17, 15) is 5.11 Å². The first kappa shape index (κ1) is 13.8. The molecule has 1 unspecified atom stereocenters. The van der Waals surface area contributed by atoms with Crippen LogP contribution in [0.5, 0.6) is 0 Å². The molecule has 0 aliphatic rings. The zero-order chi connectivity index (χ0) is 13.1. The van der Waals surface area contributed by atoms with Crippen LogP contribution in [-0.4, -0.2) is 5.11 Å². The molecule has 0 bridgehead atoms. The highest BCUT2D eigenvalue weighted by atomic mass is 79.9. The van der Waals surface area contributed by atoms with Crippen molar-refractivity contribution in [3.05, 3.63) is 68.1 Å². The van der Waals surface area contributed by atoms with Crippen molar-refractivity contribution in [1.29, 1.82) is 0 Å². The first-order valence-electron chi connectivity index (χ1n) is 5.75. The average Bonchev–Trinajstić information content (AvgIpc) is 2.35. The highest BCUT2D eigenvalue weighted by molar-refractivity contribution is 9.10. The summed E-state index contributed by atoms with van der Waals surface area (Å²) in [6.45, 7) is 2.03. The SMILES string of the molecule is Cc1ccc(Br)c(C(O)Cc2ccc(Br)cc2)c1. The quantitative estimate of drug-likeness (QED) is 0.824. The third-order valence-corrected chi connectivity index (χ3v) is 4.10. The number of aliphatic hydroxyl groups excluding tert-OH is 1. The molecule has 2 aromatic rings. The molecule has 0 aromatic heterocycles. The molecule has 18 heavy (non-hydrogen) atoms. The Hall–Kier alpha value is -0.640. The van der Waals surface area contributed by atoms with Gasteiger partial charge in [0, 0.05) is 15.4 Å². The van der Waals surface area contributed by atoms with E-state index in [0.717, 1.165) is 25.6 Å². The van der Waals surface area contributed by atoms with E-state index >= 15 is 0 Å². The van der Waals surface area contributed by atoms with E-state index in [0.29, 0.717) is 6.42 Å². The molecule has 0 saturated carbocycles. The largest absolute Gasteiger partial charge is 0.388 e. The molecule has 0 heterocycles. The van der Waals surface area contributed by atoms with E-state index in [1.165, 1.54) is 0 Å². The smallest absolute Gasteiger partial charge is 0.0841 e. The fourth-order valence-corrected chi connectivity index (χ4v) is 2.65. The molecule has 0 radical (unpaired) electrons. The third kappa shape index (κ3) is 3.44. The molecule has 0 aliphatic carbocycles. The second kappa shape index (κ2) is 6.00. The Balaban J connectivity index is 2.18. The number of hydrogen-bond donors (Lipinski definition) is 1. The Morgan fingerprint density at radius 1 is 1.06 bits per heavy atom. The molecule has 0 spiro atoms. The van der Waals surface area contributed by atoms with Gasteiger partial charge in [-0.15, -0.1) is 0 Å². The number of rotatable bonds is 3. The average molecular weight is 370 g/mol. The summed E-state index contributed by atoms with van der Waals surface area (Å²) in [5, 5.41) is 10.3. The summed E-state index contributed by atoms with van der Waals surface area (Å²) in [6, 6.07) is 14.1. The second-order valence-corrected chi connectivity index (χ2v) is 6.14. The highest BCUT2D eigenvalue weighted by Gasteiger charge is 2.12. The van der Waals surface area contributed by atoms with Gasteiger partial charge >= 0.3 is 0 Å². The Labute approximate surface area is 124 Å². The fourth-order valence-electron chi connectivity index (χ4n) is 1.87. The standard InChI is InChI=1S/C15H14Br2O/c1-10-2-7-14(17)13(8-10)15(18)9-11-3-5-12(16)6-4-11/h2-8,15,18H,9H2,1H3. The maximum Gasteiger partial charge on any atom is 0.0841 e. The zero-order valence-corrected chi connectivity index (χ0v) is 13.2. The van der Waals surface area contributed by atoms with E-state index in [4.69, 9.17) is 0 Å². The van der Waals surface area contributed by atoms with Gasteiger partial charge in [0.2, 0.25) is 0 Å². The van der Waals surface area contributed by atoms with Crippen molar-refractivity contribution in [1.82, 2.24) is 0 Å². The highest BCUT2D eigenvalue weighted by Crippen LogP contribution is 2.27. The first-order valence-corrected chi connectivity index (χ1v) is 7.33. The predicted molar refractivity (Wildman–Crippen MR) is 81.7 cm³/mol. The monoisotopic (exact) mass is 368 g/mol. The minimum Gasteiger partial charge on any atom is -0.388 e. The van der Waals surface area contributed by atoms with Crippen LogP contribution in [0.25, 0.3) is 0 Å². The summed E-state index contributed by atoms with van der Waals surface area (Å²) in [6.07, 6.45) is 0.135. The molecular weight excluding hydrogens is 356 g/mol. The summed E-state index contributed by atoms with van der Waals surface area (Å²) in [7, 11) is 0. The van der Waals surface area contributed by atoms with Crippen LogP contribution in [0.2, 0.25) is 0 Å². The molecule has 0 fully saturated rings. The van der Waals surface area contributed by atoms with Crippen molar-refractivity contribution in [3.8, 4) is 0 Å². The normalized spacial score (nSPS) is 12.4. The maximum atomic E-state index is 10.3. The number of hydrogen-bond acceptors (Lipinski definition) is 1. The van der Waals surface area contributed by atoms with E-state index in [1.54, 1.807) is 0 Å². The molecule has 94 valence electrons. The molecule has 0 aliphatic heterocycles. The summed E-state index contributed by atoms with van der Waals surface area (Å²) >= 11 is 6.90. The van der Waals surface area contributed by atoms with Crippen LogP contribution in [0.3, 0.4) is 0 Å². The summed E-state index contributed by atoms with van der Waals surface area (Å²) in [5.41, 5.74) is 3.22. The van der Waals surface area contributed by atoms with Crippen LogP contribution in [0.1, 0.15) is 22.8 Å². The van der Waals surface area contributed by atoms with E-state index in [2.05, 4.69) is 31.9 Å². The van der Waals surface area contributed by atoms with Gasteiger partial charge in [0.05, 0.1) is 6.10 Å². The molecular formula is C15H14Br2O. The Kier molecular flexibility index (Phi) is 4.60. The van der Waals surface area contributed by atoms with Crippen LogP contribution in [0, 0.1) is 6.92 Å². The molecule has 2 rings (SSSR count). The molecule has 0 saturated heterocycles. The van der Waals surface area contributed by atoms with Crippen LogP contribution in [0.15, 0.2) is 51.4 Å². The van der Waals surface area contributed by atoms with Crippen molar-refractivity contribution >= 4 is 31.9 Å². The first-order chi connectivity index (χ1) is 8.56. The molecule has 2 aromatic carbocycles. The van der Waals surface area contributed by atoms with Gasteiger partial charge < -0.3 is 5.11 Å². The van der Waals surface area contributed by atoms with Gasteiger partial charge in [0.1, 0.15) is 0 Å². The van der Waals surface area contributed by atoms with Gasteiger partial charge in [-0.1, -0.05) is 61.7 Å². The number of aryl methyl sites for hydroxylation is 1. The lowest BCUT2D eigenvalue weighted by atomic mass is 10.0. The van der Waals surface area contributed by atoms with Gasteiger partial charge in [-0.25, -0.2) is 0 Å². The second-order valence-electron chi connectivity index (χ2n) is 4.37. The Bertz CT molecular complexity index is 535. The van der Waals surface area contributed by atoms with E-state index in [-0.39, 0.29) is 0 Å². The lowest BCUT2D eigenvalue weighted by Gasteiger charge is -2.14. The molecule has 1 atom stereocenters. The van der Waals surface area contributed by atoms with Gasteiger partial charge in [-0.2, -0.15) is 0 Å². The van der Waals surface area contributed by atoms with Crippen LogP contribution >= 0.6 is 31.9 Å². The topological polar surface area (TPSA) is 20.2 Å². The van der Waals surface area contributed by atoms with Gasteiger partial charge in [-0.05, 0) is 36.2 Å². The summed E-state index contributed by atoms with van der Waals surface area (Å²) < 4.78 is 2.01. The number of halogens is 2. The van der Waals surface area contributed by atoms with Crippen molar-refractivity contribution < 1.29 is 5.11 Å². The van der Waals surface area contributed by atoms with Crippen LogP contribution in [0.4, 0.5) is 0 Å². The number of benzene rings is 2. The lowest BCUT2D eigenvalue weighted by molar-refractivity contribution is 0.177. The minimum absolute atomic E-state index is 0.486. The van der Waals surface area contributed by atoms with Crippen molar-refractivity contribution in [2.45, 2.75) is 19.4 Å². The summed E-state index contributed by atoms with van der Waals surface area (Å²) in [4.78, 5) is 0. The maximum absolute atomic E-state index is 10.3. The zero-order valence-electron chi connectivity index (χ0n) is 10.0. The molecule has 0 amide bonds. The number of aliphatic hydroxyl groups is 1. The van der Waals surface area contributed by atoms with E-state index < -0.39 is 6.10 Å². The molecule has 1 N–H and O–H groups in total. The summed E-state index contributed by atoms with van der Waals surface area (Å²) in [5.74, 6) is 0. The van der Waals surface area contributed by atoms with Crippen LogP contribution < -0.4 is 0 Å². The third-order valence-electron chi connectivity index (χ3n) is 2.85. The molecule has 1 nitrogen and oxygen atoms in total. The lowest BCUT2D eigenvalue weighted by Crippen LogP contribution is -2.03. The van der Waals surface area contributed by atoms with Crippen LogP contribution in [-0.2, 0) is 6.42 Å². The minimum atomic E-state index is -0.486. The van der Waals surface area contributed by atoms with E-state index in [1.807, 2.05) is 49.4 Å². The molecule has 3 heteroatoms. The fraction of sp³-hybridized carbons (Fsp3) is 0.200. The van der Waals surface area contributed by atoms with Crippen molar-refractivity contribution in [2.75, 3.05) is 0 Å². The predicted octanol–water partition coefficient (Wildman–Crippen LogP) is 4.80.